The summed E-state index contributed by atoms with van der Waals surface area (Å²) in [4.78, 5) is 24.4. The Labute approximate surface area is 340 Å². The molecule has 0 bridgehead atoms. The summed E-state index contributed by atoms with van der Waals surface area (Å²) in [6, 6.07) is 0. The fourth-order valence-electron chi connectivity index (χ4n) is 6.28. The van der Waals surface area contributed by atoms with Gasteiger partial charge in [-0.05, 0) is 83.5 Å². The molecule has 0 amide bonds. The number of esters is 2. The molecular formula is C50H86O5. The van der Waals surface area contributed by atoms with E-state index >= 15 is 0 Å². The van der Waals surface area contributed by atoms with Crippen LogP contribution in [0.15, 0.2) is 72.9 Å². The van der Waals surface area contributed by atoms with Crippen molar-refractivity contribution in [3.63, 3.8) is 0 Å². The molecule has 0 saturated carbocycles. The van der Waals surface area contributed by atoms with Gasteiger partial charge in [-0.1, -0.05) is 189 Å². The van der Waals surface area contributed by atoms with Crippen molar-refractivity contribution in [3.05, 3.63) is 72.9 Å². The highest BCUT2D eigenvalue weighted by atomic mass is 16.6. The van der Waals surface area contributed by atoms with Gasteiger partial charge in [0, 0.05) is 12.8 Å². The second-order valence-electron chi connectivity index (χ2n) is 15.1. The standard InChI is InChI=1S/C50H86O5/c1-3-5-7-9-11-13-15-17-19-21-22-23-24-25-26-27-28-29-31-33-35-37-39-41-43-45-50(53)55-48(46-51)47-54-49(52)44-42-40-38-36-34-32-30-20-18-16-14-12-10-8-6-4-2/h5,7,11,13,17,19-20,22-23,25-26,30,48,51H,3-4,6,8-10,12,14-16,18,21,24,27-29,31-47H2,1-2H3/b7-5-,13-11-,19-17-,23-22-,26-25-,30-20-. The predicted molar refractivity (Wildman–Crippen MR) is 237 cm³/mol. The number of aliphatic hydroxyl groups excluding tert-OH is 1. The molecule has 55 heavy (non-hydrogen) atoms. The third kappa shape index (κ3) is 43.9. The zero-order valence-corrected chi connectivity index (χ0v) is 35.9. The first-order valence-corrected chi connectivity index (χ1v) is 23.0. The first kappa shape index (κ1) is 52.3. The van der Waals surface area contributed by atoms with Gasteiger partial charge in [0.15, 0.2) is 6.10 Å². The minimum Gasteiger partial charge on any atom is -0.462 e. The lowest BCUT2D eigenvalue weighted by Gasteiger charge is -2.15. The average molecular weight is 767 g/mol. The van der Waals surface area contributed by atoms with Gasteiger partial charge in [-0.3, -0.25) is 9.59 Å². The summed E-state index contributed by atoms with van der Waals surface area (Å²) in [7, 11) is 0. The van der Waals surface area contributed by atoms with E-state index in [2.05, 4.69) is 86.8 Å². The fraction of sp³-hybridized carbons (Fsp3) is 0.720. The summed E-state index contributed by atoms with van der Waals surface area (Å²) in [6.45, 7) is 4.01. The molecule has 0 rings (SSSR count). The minimum atomic E-state index is -0.781. The lowest BCUT2D eigenvalue weighted by atomic mass is 10.1. The zero-order chi connectivity index (χ0) is 40.0. The average Bonchev–Trinajstić information content (AvgIpc) is 3.19. The van der Waals surface area contributed by atoms with E-state index in [1.165, 1.54) is 109 Å². The Bertz CT molecular complexity index is 1000. The largest absolute Gasteiger partial charge is 0.462 e. The van der Waals surface area contributed by atoms with Crippen LogP contribution < -0.4 is 0 Å². The van der Waals surface area contributed by atoms with Gasteiger partial charge in [-0.25, -0.2) is 0 Å². The SMILES string of the molecule is CC/C=C\C/C=C\C/C=C\C/C=C\C/C=C\CCCCCCCCCCCC(=O)OC(CO)COC(=O)CCCCCCC/C=C\CCCCCCCCC. The van der Waals surface area contributed by atoms with Gasteiger partial charge in [-0.2, -0.15) is 0 Å². The highest BCUT2D eigenvalue weighted by molar-refractivity contribution is 5.70. The molecule has 316 valence electrons. The van der Waals surface area contributed by atoms with Gasteiger partial charge < -0.3 is 14.6 Å². The van der Waals surface area contributed by atoms with Gasteiger partial charge in [0.25, 0.3) is 0 Å². The second-order valence-corrected chi connectivity index (χ2v) is 15.1. The Morgan fingerprint density at radius 3 is 1.20 bits per heavy atom. The fourth-order valence-corrected chi connectivity index (χ4v) is 6.28. The lowest BCUT2D eigenvalue weighted by Crippen LogP contribution is -2.28. The summed E-state index contributed by atoms with van der Waals surface area (Å²) in [5.41, 5.74) is 0. The van der Waals surface area contributed by atoms with Crippen LogP contribution in [0.3, 0.4) is 0 Å². The van der Waals surface area contributed by atoms with Crippen LogP contribution >= 0.6 is 0 Å². The number of carbonyl (C=O) groups excluding carboxylic acids is 2. The summed E-state index contributed by atoms with van der Waals surface area (Å²) in [5.74, 6) is -0.608. The van der Waals surface area contributed by atoms with Crippen LogP contribution in [0.1, 0.15) is 213 Å². The number of aliphatic hydroxyl groups is 1. The van der Waals surface area contributed by atoms with Gasteiger partial charge in [0.2, 0.25) is 0 Å². The molecule has 0 aromatic rings. The van der Waals surface area contributed by atoms with Gasteiger partial charge in [0.1, 0.15) is 6.61 Å². The van der Waals surface area contributed by atoms with Crippen LogP contribution in [-0.2, 0) is 19.1 Å². The molecule has 0 aromatic carbocycles. The molecule has 0 aliphatic heterocycles. The van der Waals surface area contributed by atoms with Crippen molar-refractivity contribution in [2.75, 3.05) is 13.2 Å². The smallest absolute Gasteiger partial charge is 0.306 e. The van der Waals surface area contributed by atoms with E-state index in [-0.39, 0.29) is 25.2 Å². The number of carbonyl (C=O) groups is 2. The number of ether oxygens (including phenoxy) is 2. The summed E-state index contributed by atoms with van der Waals surface area (Å²) in [6.07, 6.45) is 61.2. The van der Waals surface area contributed by atoms with Gasteiger partial charge in [-0.15, -0.1) is 0 Å². The maximum atomic E-state index is 12.2. The van der Waals surface area contributed by atoms with Crippen molar-refractivity contribution in [1.82, 2.24) is 0 Å². The molecule has 1 atom stereocenters. The van der Waals surface area contributed by atoms with Crippen molar-refractivity contribution in [2.45, 2.75) is 219 Å². The van der Waals surface area contributed by atoms with Crippen molar-refractivity contribution >= 4 is 11.9 Å². The van der Waals surface area contributed by atoms with Gasteiger partial charge >= 0.3 is 11.9 Å². The van der Waals surface area contributed by atoms with Crippen LogP contribution in [0.5, 0.6) is 0 Å². The molecule has 5 heteroatoms. The maximum Gasteiger partial charge on any atom is 0.306 e. The first-order valence-electron chi connectivity index (χ1n) is 23.0. The molecule has 1 unspecified atom stereocenters. The molecule has 0 spiro atoms. The zero-order valence-electron chi connectivity index (χ0n) is 35.9. The molecule has 1 N–H and O–H groups in total. The normalized spacial score (nSPS) is 12.9. The van der Waals surface area contributed by atoms with E-state index < -0.39 is 6.10 Å². The van der Waals surface area contributed by atoms with Crippen LogP contribution in [0.2, 0.25) is 0 Å². The predicted octanol–water partition coefficient (Wildman–Crippen LogP) is 14.9. The van der Waals surface area contributed by atoms with E-state index in [0.29, 0.717) is 12.8 Å². The number of rotatable bonds is 41. The summed E-state index contributed by atoms with van der Waals surface area (Å²) >= 11 is 0. The number of unbranched alkanes of at least 4 members (excludes halogenated alkanes) is 21. The van der Waals surface area contributed by atoms with Crippen LogP contribution in [0.25, 0.3) is 0 Å². The Hall–Kier alpha value is -2.66. The van der Waals surface area contributed by atoms with Crippen LogP contribution in [0.4, 0.5) is 0 Å². The molecule has 0 saturated heterocycles. The monoisotopic (exact) mass is 767 g/mol. The maximum absolute atomic E-state index is 12.2. The van der Waals surface area contributed by atoms with E-state index in [1.807, 2.05) is 0 Å². The minimum absolute atomic E-state index is 0.0748. The van der Waals surface area contributed by atoms with Crippen molar-refractivity contribution in [2.24, 2.45) is 0 Å². The molecule has 0 heterocycles. The molecule has 0 aliphatic carbocycles. The lowest BCUT2D eigenvalue weighted by molar-refractivity contribution is -0.161. The molecule has 0 aliphatic rings. The highest BCUT2D eigenvalue weighted by Gasteiger charge is 2.16. The third-order valence-corrected chi connectivity index (χ3v) is 9.73. The van der Waals surface area contributed by atoms with Crippen LogP contribution in [0, 0.1) is 0 Å². The molecule has 5 nitrogen and oxygen atoms in total. The topological polar surface area (TPSA) is 72.8 Å². The quantitative estimate of drug-likeness (QED) is 0.0381. The Kier molecular flexibility index (Phi) is 43.5. The Morgan fingerprint density at radius 1 is 0.436 bits per heavy atom. The molecular weight excluding hydrogens is 681 g/mol. The van der Waals surface area contributed by atoms with Gasteiger partial charge in [0.05, 0.1) is 6.61 Å². The molecule has 0 radical (unpaired) electrons. The Balaban J connectivity index is 3.57. The number of hydrogen-bond acceptors (Lipinski definition) is 5. The number of hydrogen-bond donors (Lipinski definition) is 1. The van der Waals surface area contributed by atoms with E-state index in [4.69, 9.17) is 9.47 Å². The third-order valence-electron chi connectivity index (χ3n) is 9.73. The van der Waals surface area contributed by atoms with E-state index in [9.17, 15) is 14.7 Å². The van der Waals surface area contributed by atoms with E-state index in [1.54, 1.807) is 0 Å². The summed E-state index contributed by atoms with van der Waals surface area (Å²) < 4.78 is 10.6. The van der Waals surface area contributed by atoms with Crippen molar-refractivity contribution in [1.29, 1.82) is 0 Å². The first-order chi connectivity index (χ1) is 27.1. The summed E-state index contributed by atoms with van der Waals surface area (Å²) in [5, 5.41) is 9.60. The Morgan fingerprint density at radius 2 is 0.782 bits per heavy atom. The number of allylic oxidation sites excluding steroid dienone is 12. The molecule has 0 fully saturated rings. The molecule has 0 aromatic heterocycles. The second kappa shape index (κ2) is 45.7. The van der Waals surface area contributed by atoms with Crippen molar-refractivity contribution in [3.8, 4) is 0 Å². The van der Waals surface area contributed by atoms with E-state index in [0.717, 1.165) is 77.0 Å². The van der Waals surface area contributed by atoms with Crippen LogP contribution in [-0.4, -0.2) is 36.4 Å². The van der Waals surface area contributed by atoms with Crippen molar-refractivity contribution < 1.29 is 24.2 Å². The highest BCUT2D eigenvalue weighted by Crippen LogP contribution is 2.14.